The van der Waals surface area contributed by atoms with E-state index in [-0.39, 0.29) is 11.2 Å². The van der Waals surface area contributed by atoms with Gasteiger partial charge in [0, 0.05) is 5.41 Å². The number of fused-ring (bicyclic) bond motifs is 1. The van der Waals surface area contributed by atoms with Crippen LogP contribution >= 0.6 is 0 Å². The lowest BCUT2D eigenvalue weighted by molar-refractivity contribution is -0.0498. The van der Waals surface area contributed by atoms with E-state index in [0.717, 1.165) is 28.7 Å². The van der Waals surface area contributed by atoms with Gasteiger partial charge in [0.15, 0.2) is 0 Å². The molecule has 2 aromatic carbocycles. The van der Waals surface area contributed by atoms with Crippen molar-refractivity contribution in [2.75, 3.05) is 0 Å². The van der Waals surface area contributed by atoms with Gasteiger partial charge in [-0.15, -0.1) is 0 Å². The molecule has 132 valence electrons. The number of benzene rings is 2. The van der Waals surface area contributed by atoms with E-state index in [4.69, 9.17) is 10.5 Å². The Labute approximate surface area is 144 Å². The third kappa shape index (κ3) is 3.57. The number of rotatable bonds is 4. The maximum absolute atomic E-state index is 12.2. The fourth-order valence-electron chi connectivity index (χ4n) is 3.35. The second kappa shape index (κ2) is 6.35. The molecule has 2 N–H and O–H groups in total. The van der Waals surface area contributed by atoms with Gasteiger partial charge in [0.1, 0.15) is 11.9 Å². The predicted octanol–water partition coefficient (Wildman–Crippen LogP) is 4.67. The number of alkyl halides is 2. The zero-order valence-corrected chi connectivity index (χ0v) is 14.0. The molecule has 1 atom stereocenters. The summed E-state index contributed by atoms with van der Waals surface area (Å²) in [6.45, 7) is 1.20. The van der Waals surface area contributed by atoms with E-state index in [1.807, 2.05) is 32.0 Å². The Balaban J connectivity index is 1.92. The maximum Gasteiger partial charge on any atom is 0.405 e. The molecule has 3 rings (SSSR count). The maximum atomic E-state index is 12.2. The number of amides is 1. The Kier molecular flexibility index (Phi) is 4.37. The van der Waals surface area contributed by atoms with Crippen molar-refractivity contribution in [2.45, 2.75) is 33.0 Å². The van der Waals surface area contributed by atoms with E-state index in [1.165, 1.54) is 12.1 Å². The van der Waals surface area contributed by atoms with Crippen LogP contribution in [0, 0.1) is 5.41 Å². The number of carbonyl (C=O) groups is 1. The van der Waals surface area contributed by atoms with Crippen molar-refractivity contribution in [1.82, 2.24) is 0 Å². The summed E-state index contributed by atoms with van der Waals surface area (Å²) in [5, 5.41) is 0. The second-order valence-corrected chi connectivity index (χ2v) is 6.80. The lowest BCUT2D eigenvalue weighted by Gasteiger charge is -2.26. The fourth-order valence-corrected chi connectivity index (χ4v) is 3.35. The minimum absolute atomic E-state index is 0.107. The van der Waals surface area contributed by atoms with Gasteiger partial charge in [0.2, 0.25) is 0 Å². The number of hydrogen-bond donors (Lipinski definition) is 1. The minimum Gasteiger partial charge on any atom is -0.441 e. The zero-order chi connectivity index (χ0) is 18.2. The van der Waals surface area contributed by atoms with E-state index in [1.54, 1.807) is 12.1 Å². The standard InChI is InChI=1S/C19H19F2NO3/c1-19(2)10-13-4-3-12(9-15(13)16(19)25-18(22)23)11-5-7-14(8-6-11)24-17(20)21/h3-9,16-17H,10H2,1-2H3,(H2,22,23). The van der Waals surface area contributed by atoms with Crippen LogP contribution in [0.25, 0.3) is 11.1 Å². The molecule has 0 bridgehead atoms. The van der Waals surface area contributed by atoms with Crippen LogP contribution < -0.4 is 10.5 Å². The van der Waals surface area contributed by atoms with Crippen molar-refractivity contribution in [3.8, 4) is 16.9 Å². The number of hydrogen-bond acceptors (Lipinski definition) is 3. The molecular weight excluding hydrogens is 328 g/mol. The molecule has 0 aliphatic heterocycles. The van der Waals surface area contributed by atoms with Gasteiger partial charge in [-0.3, -0.25) is 0 Å². The Bertz CT molecular complexity index is 788. The summed E-state index contributed by atoms with van der Waals surface area (Å²) in [5.41, 5.74) is 8.76. The van der Waals surface area contributed by atoms with Crippen molar-refractivity contribution >= 4 is 6.09 Å². The van der Waals surface area contributed by atoms with Crippen molar-refractivity contribution in [2.24, 2.45) is 11.1 Å². The van der Waals surface area contributed by atoms with E-state index in [0.29, 0.717) is 0 Å². The average Bonchev–Trinajstić information content (AvgIpc) is 2.77. The van der Waals surface area contributed by atoms with Crippen LogP contribution in [-0.2, 0) is 11.2 Å². The first-order chi connectivity index (χ1) is 11.8. The highest BCUT2D eigenvalue weighted by Crippen LogP contribution is 2.48. The molecule has 6 heteroatoms. The fraction of sp³-hybridized carbons (Fsp3) is 0.316. The molecule has 25 heavy (non-hydrogen) atoms. The van der Waals surface area contributed by atoms with Crippen LogP contribution in [0.15, 0.2) is 42.5 Å². The molecule has 2 aromatic rings. The van der Waals surface area contributed by atoms with Gasteiger partial charge in [0.25, 0.3) is 0 Å². The van der Waals surface area contributed by atoms with E-state index >= 15 is 0 Å². The van der Waals surface area contributed by atoms with Crippen LogP contribution in [0.3, 0.4) is 0 Å². The molecule has 0 saturated heterocycles. The Morgan fingerprint density at radius 1 is 1.16 bits per heavy atom. The molecular formula is C19H19F2NO3. The van der Waals surface area contributed by atoms with Gasteiger partial charge in [-0.2, -0.15) is 8.78 Å². The summed E-state index contributed by atoms with van der Waals surface area (Å²) in [4.78, 5) is 11.3. The first-order valence-corrected chi connectivity index (χ1v) is 7.90. The first kappa shape index (κ1) is 17.2. The lowest BCUT2D eigenvalue weighted by atomic mass is 9.87. The topological polar surface area (TPSA) is 61.6 Å². The van der Waals surface area contributed by atoms with Gasteiger partial charge in [-0.05, 0) is 46.9 Å². The summed E-state index contributed by atoms with van der Waals surface area (Å²) < 4.78 is 34.2. The van der Waals surface area contributed by atoms with Gasteiger partial charge < -0.3 is 15.2 Å². The monoisotopic (exact) mass is 347 g/mol. The van der Waals surface area contributed by atoms with Gasteiger partial charge in [-0.1, -0.05) is 38.1 Å². The van der Waals surface area contributed by atoms with Gasteiger partial charge in [0.05, 0.1) is 0 Å². The average molecular weight is 347 g/mol. The highest BCUT2D eigenvalue weighted by atomic mass is 19.3. The number of carbonyl (C=O) groups excluding carboxylic acids is 1. The smallest absolute Gasteiger partial charge is 0.405 e. The molecule has 4 nitrogen and oxygen atoms in total. The Morgan fingerprint density at radius 3 is 2.40 bits per heavy atom. The number of primary amides is 1. The summed E-state index contributed by atoms with van der Waals surface area (Å²) in [6.07, 6.45) is -0.437. The number of ether oxygens (including phenoxy) is 2. The molecule has 1 aliphatic rings. The Hall–Kier alpha value is -2.63. The van der Waals surface area contributed by atoms with Crippen molar-refractivity contribution in [1.29, 1.82) is 0 Å². The van der Waals surface area contributed by atoms with Crippen molar-refractivity contribution < 1.29 is 23.0 Å². The third-order valence-corrected chi connectivity index (χ3v) is 4.43. The molecule has 0 spiro atoms. The predicted molar refractivity (Wildman–Crippen MR) is 89.4 cm³/mol. The van der Waals surface area contributed by atoms with Crippen LogP contribution in [-0.4, -0.2) is 12.7 Å². The molecule has 0 radical (unpaired) electrons. The van der Waals surface area contributed by atoms with E-state index < -0.39 is 18.8 Å². The van der Waals surface area contributed by atoms with Crippen LogP contribution in [0.1, 0.15) is 31.1 Å². The molecule has 1 unspecified atom stereocenters. The molecule has 1 amide bonds. The summed E-state index contributed by atoms with van der Waals surface area (Å²) >= 11 is 0. The highest BCUT2D eigenvalue weighted by Gasteiger charge is 2.41. The van der Waals surface area contributed by atoms with Crippen LogP contribution in [0.2, 0.25) is 0 Å². The molecule has 0 heterocycles. The van der Waals surface area contributed by atoms with Crippen molar-refractivity contribution in [3.63, 3.8) is 0 Å². The van der Waals surface area contributed by atoms with Gasteiger partial charge in [-0.25, -0.2) is 4.79 Å². The normalized spacial score (nSPS) is 18.0. The molecule has 1 aliphatic carbocycles. The minimum atomic E-state index is -2.85. The summed E-state index contributed by atoms with van der Waals surface area (Å²) in [6, 6.07) is 12.3. The van der Waals surface area contributed by atoms with E-state index in [2.05, 4.69) is 4.74 Å². The highest BCUT2D eigenvalue weighted by molar-refractivity contribution is 5.68. The third-order valence-electron chi connectivity index (χ3n) is 4.43. The largest absolute Gasteiger partial charge is 0.441 e. The summed E-state index contributed by atoms with van der Waals surface area (Å²) in [5.74, 6) is 0.107. The number of halogens is 2. The number of nitrogens with two attached hydrogens (primary N) is 1. The molecule has 0 fully saturated rings. The molecule has 0 saturated carbocycles. The van der Waals surface area contributed by atoms with E-state index in [9.17, 15) is 13.6 Å². The quantitative estimate of drug-likeness (QED) is 0.874. The lowest BCUT2D eigenvalue weighted by Crippen LogP contribution is -2.25. The van der Waals surface area contributed by atoms with Gasteiger partial charge >= 0.3 is 12.7 Å². The van der Waals surface area contributed by atoms with Crippen LogP contribution in [0.4, 0.5) is 13.6 Å². The van der Waals surface area contributed by atoms with Crippen molar-refractivity contribution in [3.05, 3.63) is 53.6 Å². The molecule has 0 aromatic heterocycles. The summed E-state index contributed by atoms with van der Waals surface area (Å²) in [7, 11) is 0. The zero-order valence-electron chi connectivity index (χ0n) is 14.0. The van der Waals surface area contributed by atoms with Crippen LogP contribution in [0.5, 0.6) is 5.75 Å². The SMILES string of the molecule is CC1(C)Cc2ccc(-c3ccc(OC(F)F)cc3)cc2C1OC(N)=O. The second-order valence-electron chi connectivity index (χ2n) is 6.80. The first-order valence-electron chi connectivity index (χ1n) is 7.90. The Morgan fingerprint density at radius 2 is 1.80 bits per heavy atom.